The number of aromatic nitrogens is 4. The third-order valence-electron chi connectivity index (χ3n) is 11.6. The molecule has 0 radical (unpaired) electrons. The number of carbonyl (C=O) groups excluding carboxylic acids is 3. The van der Waals surface area contributed by atoms with E-state index in [9.17, 15) is 14.4 Å². The number of aldehydes is 1. The zero-order chi connectivity index (χ0) is 49.0. The normalized spacial score (nSPS) is 13.0. The summed E-state index contributed by atoms with van der Waals surface area (Å²) < 4.78 is 0. The van der Waals surface area contributed by atoms with E-state index in [0.29, 0.717) is 59.2 Å². The Morgan fingerprint density at radius 1 is 0.565 bits per heavy atom. The van der Waals surface area contributed by atoms with E-state index in [-0.39, 0.29) is 40.5 Å². The fourth-order valence-electron chi connectivity index (χ4n) is 8.39. The predicted molar refractivity (Wildman–Crippen MR) is 275 cm³/mol. The number of hydrogen-bond donors (Lipinski definition) is 4. The standard InChI is InChI=1S/C28H29N5O.C24H18N4O2.C4H11N/c1-28(2,3)30-15-19-8-6-7-11-22(19)18-12-13-24-23(14-18)25(32-27(29)31-24)26(34)33-16-20-9-4-5-10-21(20)17-33;25-24-26-21-10-9-15(19-8-4-3-7-18(19)14-29)11-20(21)22(27-24)23(30)28-12-16-5-1-2-6-17(16)13-28;1-4(2,3)5/h4-14,30H,15-17H2,1-3H3,(H2,29,31,32);1-11,14H,12-13H2,(H2,25,26,27);5H2,1-3H3. The molecule has 0 unspecified atom stereocenters. The Balaban J connectivity index is 0.000000171. The summed E-state index contributed by atoms with van der Waals surface area (Å²) in [5.74, 6) is -0.153. The van der Waals surface area contributed by atoms with Gasteiger partial charge in [0.25, 0.3) is 11.8 Å². The average Bonchev–Trinajstić information content (AvgIpc) is 3.97. The highest BCUT2D eigenvalue weighted by Crippen LogP contribution is 2.33. The number of fused-ring (bicyclic) bond motifs is 4. The van der Waals surface area contributed by atoms with Crippen LogP contribution < -0.4 is 22.5 Å². The topological polar surface area (TPSA) is 199 Å². The molecular formula is C56H58N10O3. The number of benzene rings is 6. The Morgan fingerprint density at radius 3 is 1.39 bits per heavy atom. The summed E-state index contributed by atoms with van der Waals surface area (Å²) in [7, 11) is 0. The van der Waals surface area contributed by atoms with Gasteiger partial charge in [-0.2, -0.15) is 0 Å². The summed E-state index contributed by atoms with van der Waals surface area (Å²) in [6.07, 6.45) is 0.826. The smallest absolute Gasteiger partial charge is 0.273 e. The molecule has 10 rings (SSSR count). The average molecular weight is 919 g/mol. The molecule has 6 aromatic carbocycles. The van der Waals surface area contributed by atoms with Gasteiger partial charge in [0, 0.05) is 60.1 Å². The Bertz CT molecular complexity index is 3170. The van der Waals surface area contributed by atoms with Crippen LogP contribution in [0.15, 0.2) is 133 Å². The number of carbonyl (C=O) groups is 3. The lowest BCUT2D eigenvalue weighted by molar-refractivity contribution is 0.0741. The number of nitrogens with two attached hydrogens (primary N) is 3. The van der Waals surface area contributed by atoms with Crippen LogP contribution in [-0.4, -0.2) is 58.9 Å². The molecule has 13 heteroatoms. The van der Waals surface area contributed by atoms with E-state index in [1.165, 1.54) is 16.7 Å². The SMILES string of the molecule is CC(C)(C)N.CC(C)(C)NCc1ccccc1-c1ccc2nc(N)nc(C(=O)N3Cc4ccccc4C3)c2c1.Nc1nc(C(=O)N2Cc3ccccc3C2)c2cc(-c3ccccc3C=O)ccc2n1. The van der Waals surface area contributed by atoms with Gasteiger partial charge >= 0.3 is 0 Å². The van der Waals surface area contributed by atoms with Crippen LogP contribution in [0.3, 0.4) is 0 Å². The van der Waals surface area contributed by atoms with E-state index in [1.54, 1.807) is 17.0 Å². The van der Waals surface area contributed by atoms with Crippen molar-refractivity contribution in [2.45, 2.75) is 85.3 Å². The Hall–Kier alpha value is -7.87. The number of nitrogens with one attached hydrogen (secondary N) is 1. The predicted octanol–water partition coefficient (Wildman–Crippen LogP) is 9.51. The van der Waals surface area contributed by atoms with Crippen LogP contribution in [0.5, 0.6) is 0 Å². The molecule has 350 valence electrons. The molecule has 8 aromatic rings. The molecule has 7 N–H and O–H groups in total. The summed E-state index contributed by atoms with van der Waals surface area (Å²) >= 11 is 0. The second-order valence-electron chi connectivity index (χ2n) is 19.5. The van der Waals surface area contributed by atoms with Gasteiger partial charge in [0.2, 0.25) is 11.9 Å². The van der Waals surface area contributed by atoms with Gasteiger partial charge in [-0.25, -0.2) is 19.9 Å². The molecular weight excluding hydrogens is 861 g/mol. The zero-order valence-electron chi connectivity index (χ0n) is 40.0. The van der Waals surface area contributed by atoms with E-state index in [0.717, 1.165) is 46.2 Å². The molecule has 4 heterocycles. The summed E-state index contributed by atoms with van der Waals surface area (Å²) in [5, 5.41) is 4.89. The van der Waals surface area contributed by atoms with Crippen LogP contribution >= 0.6 is 0 Å². The first-order valence-corrected chi connectivity index (χ1v) is 23.0. The van der Waals surface area contributed by atoms with Gasteiger partial charge in [0.1, 0.15) is 11.4 Å². The highest BCUT2D eigenvalue weighted by molar-refractivity contribution is 6.07. The molecule has 0 saturated heterocycles. The Kier molecular flexibility index (Phi) is 13.6. The number of hydrogen-bond acceptors (Lipinski definition) is 11. The summed E-state index contributed by atoms with van der Waals surface area (Å²) in [6, 6.07) is 43.3. The fourth-order valence-corrected chi connectivity index (χ4v) is 8.39. The maximum absolute atomic E-state index is 13.6. The minimum atomic E-state index is -0.189. The molecule has 2 aliphatic heterocycles. The van der Waals surface area contributed by atoms with E-state index in [1.807, 2.05) is 123 Å². The van der Waals surface area contributed by atoms with E-state index < -0.39 is 0 Å². The van der Waals surface area contributed by atoms with Gasteiger partial charge in [-0.15, -0.1) is 0 Å². The Labute approximate surface area is 402 Å². The van der Waals surface area contributed by atoms with Crippen LogP contribution in [0.25, 0.3) is 44.1 Å². The van der Waals surface area contributed by atoms with Gasteiger partial charge in [-0.3, -0.25) is 14.4 Å². The molecule has 0 aliphatic carbocycles. The first kappa shape index (κ1) is 47.6. The van der Waals surface area contributed by atoms with Crippen molar-refractivity contribution in [3.05, 3.63) is 178 Å². The van der Waals surface area contributed by atoms with Gasteiger partial charge in [0.15, 0.2) is 6.29 Å². The fraction of sp³-hybridized carbons (Fsp3) is 0.232. The monoisotopic (exact) mass is 918 g/mol. The van der Waals surface area contributed by atoms with E-state index >= 15 is 0 Å². The first-order valence-electron chi connectivity index (χ1n) is 23.0. The third kappa shape index (κ3) is 11.3. The molecule has 69 heavy (non-hydrogen) atoms. The largest absolute Gasteiger partial charge is 0.368 e. The second-order valence-corrected chi connectivity index (χ2v) is 19.5. The van der Waals surface area contributed by atoms with E-state index in [4.69, 9.17) is 17.2 Å². The maximum atomic E-state index is 13.6. The van der Waals surface area contributed by atoms with Gasteiger partial charge < -0.3 is 32.3 Å². The van der Waals surface area contributed by atoms with Crippen molar-refractivity contribution in [1.82, 2.24) is 35.1 Å². The van der Waals surface area contributed by atoms with Crippen molar-refractivity contribution in [2.75, 3.05) is 11.5 Å². The molecule has 0 saturated carbocycles. The molecule has 0 fully saturated rings. The first-order chi connectivity index (χ1) is 32.9. The third-order valence-corrected chi connectivity index (χ3v) is 11.6. The lowest BCUT2D eigenvalue weighted by atomic mass is 9.97. The van der Waals surface area contributed by atoms with Crippen molar-refractivity contribution in [3.63, 3.8) is 0 Å². The quantitative estimate of drug-likeness (QED) is 0.111. The zero-order valence-corrected chi connectivity index (χ0v) is 40.0. The maximum Gasteiger partial charge on any atom is 0.273 e. The molecule has 13 nitrogen and oxygen atoms in total. The Morgan fingerprint density at radius 2 is 0.957 bits per heavy atom. The van der Waals surface area contributed by atoms with Gasteiger partial charge in [0.05, 0.1) is 11.0 Å². The van der Waals surface area contributed by atoms with Crippen LogP contribution in [0, 0.1) is 0 Å². The van der Waals surface area contributed by atoms with Crippen molar-refractivity contribution >= 4 is 51.8 Å². The summed E-state index contributed by atoms with van der Waals surface area (Å²) in [6.45, 7) is 15.3. The number of amides is 2. The van der Waals surface area contributed by atoms with Gasteiger partial charge in [-0.1, -0.05) is 109 Å². The summed E-state index contributed by atoms with van der Waals surface area (Å²) in [5.41, 5.74) is 29.3. The lowest BCUT2D eigenvalue weighted by Gasteiger charge is -2.22. The van der Waals surface area contributed by atoms with Crippen molar-refractivity contribution in [2.24, 2.45) is 5.73 Å². The number of nitrogens with zero attached hydrogens (tertiary/aromatic N) is 6. The van der Waals surface area contributed by atoms with Gasteiger partial charge in [-0.05, 0) is 116 Å². The van der Waals surface area contributed by atoms with E-state index in [2.05, 4.69) is 70.3 Å². The molecule has 2 amide bonds. The highest BCUT2D eigenvalue weighted by Gasteiger charge is 2.29. The minimum Gasteiger partial charge on any atom is -0.368 e. The summed E-state index contributed by atoms with van der Waals surface area (Å²) in [4.78, 5) is 59.4. The van der Waals surface area contributed by atoms with Crippen LogP contribution in [0.4, 0.5) is 11.9 Å². The lowest BCUT2D eigenvalue weighted by Crippen LogP contribution is -2.35. The highest BCUT2D eigenvalue weighted by atomic mass is 16.2. The molecule has 0 bridgehead atoms. The number of rotatable bonds is 7. The van der Waals surface area contributed by atoms with Crippen LogP contribution in [0.1, 0.15) is 101 Å². The van der Waals surface area contributed by atoms with Crippen molar-refractivity contribution < 1.29 is 14.4 Å². The number of anilines is 2. The van der Waals surface area contributed by atoms with Crippen molar-refractivity contribution in [3.8, 4) is 22.3 Å². The minimum absolute atomic E-state index is 0. The van der Waals surface area contributed by atoms with Crippen LogP contribution in [0.2, 0.25) is 0 Å². The molecule has 2 aliphatic rings. The molecule has 0 spiro atoms. The molecule has 0 atom stereocenters. The molecule has 2 aromatic heterocycles. The van der Waals surface area contributed by atoms with Crippen LogP contribution in [-0.2, 0) is 32.7 Å². The second kappa shape index (κ2) is 19.8. The number of nitrogen functional groups attached to an aromatic ring is 2. The van der Waals surface area contributed by atoms with Crippen molar-refractivity contribution in [1.29, 1.82) is 0 Å².